The third-order valence-corrected chi connectivity index (χ3v) is 6.06. The van der Waals surface area contributed by atoms with Gasteiger partial charge in [0.15, 0.2) is 0 Å². The minimum atomic E-state index is -0.358. The third kappa shape index (κ3) is 5.70. The van der Waals surface area contributed by atoms with E-state index >= 15 is 0 Å². The van der Waals surface area contributed by atoms with Crippen molar-refractivity contribution in [3.8, 4) is 0 Å². The Kier molecular flexibility index (Phi) is 7.50. The van der Waals surface area contributed by atoms with Gasteiger partial charge in [0.25, 0.3) is 5.91 Å². The molecule has 158 valence electrons. The Labute approximate surface area is 177 Å². The van der Waals surface area contributed by atoms with Crippen molar-refractivity contribution in [1.29, 1.82) is 0 Å². The Balaban J connectivity index is 1.41. The lowest BCUT2D eigenvalue weighted by molar-refractivity contribution is -0.137. The van der Waals surface area contributed by atoms with Gasteiger partial charge in [-0.1, -0.05) is 23.7 Å². The van der Waals surface area contributed by atoms with Crippen LogP contribution in [0.3, 0.4) is 0 Å². The van der Waals surface area contributed by atoms with E-state index in [1.165, 1.54) is 6.42 Å². The van der Waals surface area contributed by atoms with E-state index in [2.05, 4.69) is 17.1 Å². The number of nitrogens with one attached hydrogen (secondary N) is 1. The van der Waals surface area contributed by atoms with E-state index in [-0.39, 0.29) is 24.3 Å². The lowest BCUT2D eigenvalue weighted by Crippen LogP contribution is -2.54. The quantitative estimate of drug-likeness (QED) is 0.785. The fourth-order valence-corrected chi connectivity index (χ4v) is 4.14. The molecule has 1 N–H and O–H groups in total. The number of amides is 3. The minimum absolute atomic E-state index is 0.0612. The summed E-state index contributed by atoms with van der Waals surface area (Å²) in [5.41, 5.74) is 0.359. The normalized spacial score (nSPS) is 20.4. The van der Waals surface area contributed by atoms with Crippen LogP contribution in [0.1, 0.15) is 36.5 Å². The lowest BCUT2D eigenvalue weighted by Gasteiger charge is -2.38. The first kappa shape index (κ1) is 21.6. The predicted molar refractivity (Wildman–Crippen MR) is 112 cm³/mol. The number of piperazine rings is 1. The van der Waals surface area contributed by atoms with Crippen LogP contribution in [0.15, 0.2) is 24.3 Å². The standard InChI is InChI=1S/C21H29ClN4O3/c1-16-6-4-5-9-26(16)20(28)15-24-10-12-25(13-11-24)19(27)14-23-21(29)17-7-2-3-8-18(17)22/h2-3,7-8,16H,4-6,9-15H2,1H3,(H,23,29). The van der Waals surface area contributed by atoms with Crippen LogP contribution in [0, 0.1) is 0 Å². The number of hydrogen-bond acceptors (Lipinski definition) is 4. The maximum atomic E-state index is 12.6. The van der Waals surface area contributed by atoms with E-state index in [0.717, 1.165) is 19.4 Å². The van der Waals surface area contributed by atoms with Crippen molar-refractivity contribution in [1.82, 2.24) is 20.0 Å². The highest BCUT2D eigenvalue weighted by atomic mass is 35.5. The van der Waals surface area contributed by atoms with Crippen LogP contribution in [0.2, 0.25) is 5.02 Å². The van der Waals surface area contributed by atoms with E-state index in [9.17, 15) is 14.4 Å². The summed E-state index contributed by atoms with van der Waals surface area (Å²) in [7, 11) is 0. The molecule has 0 aliphatic carbocycles. The molecule has 0 saturated carbocycles. The van der Waals surface area contributed by atoms with Crippen LogP contribution < -0.4 is 5.32 Å². The van der Waals surface area contributed by atoms with E-state index in [1.54, 1.807) is 29.2 Å². The summed E-state index contributed by atoms with van der Waals surface area (Å²) in [6.07, 6.45) is 3.35. The highest BCUT2D eigenvalue weighted by molar-refractivity contribution is 6.33. The molecule has 8 heteroatoms. The van der Waals surface area contributed by atoms with Gasteiger partial charge in [-0.2, -0.15) is 0 Å². The molecule has 1 aromatic carbocycles. The largest absolute Gasteiger partial charge is 0.343 e. The van der Waals surface area contributed by atoms with Crippen LogP contribution in [-0.2, 0) is 9.59 Å². The number of nitrogens with zero attached hydrogens (tertiary/aromatic N) is 3. The average Bonchev–Trinajstić information content (AvgIpc) is 2.73. The van der Waals surface area contributed by atoms with Crippen molar-refractivity contribution < 1.29 is 14.4 Å². The molecule has 2 fully saturated rings. The maximum Gasteiger partial charge on any atom is 0.253 e. The average molecular weight is 421 g/mol. The Morgan fingerprint density at radius 2 is 1.76 bits per heavy atom. The Bertz CT molecular complexity index is 749. The number of likely N-dealkylation sites (tertiary alicyclic amines) is 1. The molecule has 1 unspecified atom stereocenters. The smallest absolute Gasteiger partial charge is 0.253 e. The fourth-order valence-electron chi connectivity index (χ4n) is 3.91. The summed E-state index contributed by atoms with van der Waals surface area (Å²) in [6.45, 7) is 5.77. The van der Waals surface area contributed by atoms with Crippen LogP contribution >= 0.6 is 11.6 Å². The molecule has 1 aromatic rings. The molecule has 2 aliphatic rings. The summed E-state index contributed by atoms with van der Waals surface area (Å²) in [5, 5.41) is 3.00. The zero-order valence-corrected chi connectivity index (χ0v) is 17.7. The molecule has 2 heterocycles. The first-order valence-corrected chi connectivity index (χ1v) is 10.7. The summed E-state index contributed by atoms with van der Waals surface area (Å²) in [5.74, 6) is -0.297. The van der Waals surface area contributed by atoms with Crippen molar-refractivity contribution in [3.63, 3.8) is 0 Å². The van der Waals surface area contributed by atoms with Crippen molar-refractivity contribution in [2.24, 2.45) is 0 Å². The second kappa shape index (κ2) is 10.1. The first-order chi connectivity index (χ1) is 14.0. The van der Waals surface area contributed by atoms with Gasteiger partial charge in [0.05, 0.1) is 23.7 Å². The number of rotatable bonds is 5. The summed E-state index contributed by atoms with van der Waals surface area (Å²) >= 11 is 6.01. The topological polar surface area (TPSA) is 73.0 Å². The van der Waals surface area contributed by atoms with Crippen LogP contribution in [0.25, 0.3) is 0 Å². The molecular weight excluding hydrogens is 392 g/mol. The lowest BCUT2D eigenvalue weighted by atomic mass is 10.0. The van der Waals surface area contributed by atoms with E-state index in [1.807, 2.05) is 4.90 Å². The molecule has 0 radical (unpaired) electrons. The van der Waals surface area contributed by atoms with Crippen molar-refractivity contribution in [3.05, 3.63) is 34.9 Å². The SMILES string of the molecule is CC1CCCCN1C(=O)CN1CCN(C(=O)CNC(=O)c2ccccc2Cl)CC1. The van der Waals surface area contributed by atoms with Gasteiger partial charge in [0, 0.05) is 38.8 Å². The first-order valence-electron chi connectivity index (χ1n) is 10.3. The maximum absolute atomic E-state index is 12.6. The van der Waals surface area contributed by atoms with Gasteiger partial charge in [0.2, 0.25) is 11.8 Å². The second-order valence-electron chi connectivity index (χ2n) is 7.75. The minimum Gasteiger partial charge on any atom is -0.343 e. The fraction of sp³-hybridized carbons (Fsp3) is 0.571. The highest BCUT2D eigenvalue weighted by Gasteiger charge is 2.27. The second-order valence-corrected chi connectivity index (χ2v) is 8.16. The number of halogens is 1. The Morgan fingerprint density at radius 3 is 2.45 bits per heavy atom. The molecule has 2 saturated heterocycles. The number of carbonyl (C=O) groups excluding carboxylic acids is 3. The highest BCUT2D eigenvalue weighted by Crippen LogP contribution is 2.17. The molecule has 3 amide bonds. The number of hydrogen-bond donors (Lipinski definition) is 1. The van der Waals surface area contributed by atoms with Crippen LogP contribution in [0.5, 0.6) is 0 Å². The zero-order valence-electron chi connectivity index (χ0n) is 16.9. The predicted octanol–water partition coefficient (Wildman–Crippen LogP) is 1.62. The Hall–Kier alpha value is -2.12. The van der Waals surface area contributed by atoms with Crippen LogP contribution in [-0.4, -0.2) is 84.3 Å². The van der Waals surface area contributed by atoms with Crippen molar-refractivity contribution >= 4 is 29.3 Å². The molecule has 1 atom stereocenters. The van der Waals surface area contributed by atoms with Gasteiger partial charge in [0.1, 0.15) is 0 Å². The molecular formula is C21H29ClN4O3. The van der Waals surface area contributed by atoms with E-state index in [4.69, 9.17) is 11.6 Å². The molecule has 2 aliphatic heterocycles. The number of carbonyl (C=O) groups is 3. The zero-order chi connectivity index (χ0) is 20.8. The third-order valence-electron chi connectivity index (χ3n) is 5.73. The number of benzene rings is 1. The van der Waals surface area contributed by atoms with Gasteiger partial charge in [-0.15, -0.1) is 0 Å². The monoisotopic (exact) mass is 420 g/mol. The van der Waals surface area contributed by atoms with Crippen molar-refractivity contribution in [2.75, 3.05) is 45.8 Å². The van der Waals surface area contributed by atoms with Gasteiger partial charge in [-0.05, 0) is 38.3 Å². The van der Waals surface area contributed by atoms with E-state index in [0.29, 0.717) is 49.4 Å². The molecule has 0 spiro atoms. The van der Waals surface area contributed by atoms with Gasteiger partial charge < -0.3 is 15.1 Å². The van der Waals surface area contributed by atoms with Crippen LogP contribution in [0.4, 0.5) is 0 Å². The van der Waals surface area contributed by atoms with Gasteiger partial charge in [-0.3, -0.25) is 19.3 Å². The van der Waals surface area contributed by atoms with E-state index < -0.39 is 0 Å². The molecule has 29 heavy (non-hydrogen) atoms. The Morgan fingerprint density at radius 1 is 1.03 bits per heavy atom. The summed E-state index contributed by atoms with van der Waals surface area (Å²) in [4.78, 5) is 43.0. The summed E-state index contributed by atoms with van der Waals surface area (Å²) in [6, 6.07) is 7.07. The summed E-state index contributed by atoms with van der Waals surface area (Å²) < 4.78 is 0. The molecule has 3 rings (SSSR count). The van der Waals surface area contributed by atoms with Gasteiger partial charge in [-0.25, -0.2) is 0 Å². The molecule has 7 nitrogen and oxygen atoms in total. The molecule has 0 aromatic heterocycles. The van der Waals surface area contributed by atoms with Gasteiger partial charge >= 0.3 is 0 Å². The number of piperidine rings is 1. The van der Waals surface area contributed by atoms with Crippen molar-refractivity contribution in [2.45, 2.75) is 32.2 Å². The molecule has 0 bridgehead atoms.